The van der Waals surface area contributed by atoms with Crippen LogP contribution in [0.15, 0.2) is 24.3 Å². The summed E-state index contributed by atoms with van der Waals surface area (Å²) in [5.74, 6) is -0.364. The van der Waals surface area contributed by atoms with Crippen molar-refractivity contribution >= 4 is 5.91 Å². The Morgan fingerprint density at radius 2 is 2.33 bits per heavy atom. The second-order valence-electron chi connectivity index (χ2n) is 1.67. The second kappa shape index (κ2) is 3.89. The molecule has 0 heterocycles. The molecule has 0 spiro atoms. The molecule has 0 aliphatic rings. The molecule has 0 bridgehead atoms. The molecule has 0 aromatic rings. The predicted octanol–water partition coefficient (Wildman–Crippen LogP) is 0.994. The molecule has 2 nitrogen and oxygen atoms in total. The van der Waals surface area contributed by atoms with E-state index < -0.39 is 0 Å². The first-order valence-corrected chi connectivity index (χ1v) is 2.78. The van der Waals surface area contributed by atoms with Crippen LogP contribution in [-0.2, 0) is 4.79 Å². The summed E-state index contributed by atoms with van der Waals surface area (Å²) in [6.07, 6.45) is 3.91. The zero-order valence-electron chi connectivity index (χ0n) is 5.55. The number of primary amides is 1. The zero-order valence-corrected chi connectivity index (χ0v) is 5.55. The van der Waals surface area contributed by atoms with Gasteiger partial charge in [0.1, 0.15) is 0 Å². The highest BCUT2D eigenvalue weighted by Gasteiger charge is 1.97. The molecule has 0 saturated heterocycles. The van der Waals surface area contributed by atoms with Crippen LogP contribution in [0.1, 0.15) is 13.3 Å². The first-order valence-electron chi connectivity index (χ1n) is 2.78. The van der Waals surface area contributed by atoms with Crippen molar-refractivity contribution in [3.63, 3.8) is 0 Å². The van der Waals surface area contributed by atoms with Crippen molar-refractivity contribution in [2.45, 2.75) is 13.3 Å². The summed E-state index contributed by atoms with van der Waals surface area (Å²) >= 11 is 0. The Hall–Kier alpha value is -1.05. The highest BCUT2D eigenvalue weighted by atomic mass is 16.1. The van der Waals surface area contributed by atoms with E-state index in [4.69, 9.17) is 5.73 Å². The molecule has 0 rings (SSSR count). The molecule has 2 N–H and O–H groups in total. The zero-order chi connectivity index (χ0) is 7.28. The molecule has 0 unspecified atom stereocenters. The molecule has 0 aliphatic heterocycles. The van der Waals surface area contributed by atoms with Gasteiger partial charge in [-0.1, -0.05) is 12.2 Å². The Kier molecular flexibility index (Phi) is 3.44. The Morgan fingerprint density at radius 1 is 1.78 bits per heavy atom. The number of hydrogen-bond acceptors (Lipinski definition) is 1. The van der Waals surface area contributed by atoms with Gasteiger partial charge in [-0.2, -0.15) is 0 Å². The van der Waals surface area contributed by atoms with Gasteiger partial charge in [0.15, 0.2) is 0 Å². The lowest BCUT2D eigenvalue weighted by Gasteiger charge is -1.93. The quantitative estimate of drug-likeness (QED) is 0.443. The van der Waals surface area contributed by atoms with Gasteiger partial charge >= 0.3 is 0 Å². The first-order chi connectivity index (χ1) is 4.22. The van der Waals surface area contributed by atoms with E-state index in [2.05, 4.69) is 6.58 Å². The van der Waals surface area contributed by atoms with Gasteiger partial charge in [-0.25, -0.2) is 0 Å². The molecule has 0 saturated carbocycles. The summed E-state index contributed by atoms with van der Waals surface area (Å²) in [4.78, 5) is 10.4. The molecule has 0 atom stereocenters. The van der Waals surface area contributed by atoms with E-state index in [9.17, 15) is 4.79 Å². The van der Waals surface area contributed by atoms with Gasteiger partial charge in [0.05, 0.1) is 0 Å². The predicted molar refractivity (Wildman–Crippen MR) is 37.8 cm³/mol. The molecule has 2 heteroatoms. The van der Waals surface area contributed by atoms with Gasteiger partial charge in [-0.3, -0.25) is 4.79 Å². The smallest absolute Gasteiger partial charge is 0.244 e. The highest BCUT2D eigenvalue weighted by molar-refractivity contribution is 5.92. The van der Waals surface area contributed by atoms with Crippen LogP contribution in [0.25, 0.3) is 0 Å². The fourth-order valence-electron chi connectivity index (χ4n) is 0.516. The summed E-state index contributed by atoms with van der Waals surface area (Å²) in [5.41, 5.74) is 5.59. The summed E-state index contributed by atoms with van der Waals surface area (Å²) in [6.45, 7) is 5.26. The van der Waals surface area contributed by atoms with Crippen LogP contribution in [0, 0.1) is 0 Å². The molecular weight excluding hydrogens is 114 g/mol. The van der Waals surface area contributed by atoms with Gasteiger partial charge < -0.3 is 5.73 Å². The minimum Gasteiger partial charge on any atom is -0.366 e. The van der Waals surface area contributed by atoms with E-state index >= 15 is 0 Å². The first kappa shape index (κ1) is 7.95. The summed E-state index contributed by atoms with van der Waals surface area (Å²) < 4.78 is 0. The lowest BCUT2D eigenvalue weighted by atomic mass is 10.2. The maximum absolute atomic E-state index is 10.4. The van der Waals surface area contributed by atoms with Crippen molar-refractivity contribution < 1.29 is 4.79 Å². The van der Waals surface area contributed by atoms with E-state index in [0.717, 1.165) is 0 Å². The number of carbonyl (C=O) groups is 1. The molecule has 9 heavy (non-hydrogen) atoms. The SMILES string of the molecule is C=CC/C(=C/C)C(N)=O. The maximum Gasteiger partial charge on any atom is 0.244 e. The van der Waals surface area contributed by atoms with Crippen LogP contribution in [0.4, 0.5) is 0 Å². The fourth-order valence-corrected chi connectivity index (χ4v) is 0.516. The van der Waals surface area contributed by atoms with E-state index in [1.165, 1.54) is 0 Å². The monoisotopic (exact) mass is 125 g/mol. The fraction of sp³-hybridized carbons (Fsp3) is 0.286. The van der Waals surface area contributed by atoms with Crippen LogP contribution < -0.4 is 5.73 Å². The van der Waals surface area contributed by atoms with Crippen molar-refractivity contribution in [1.82, 2.24) is 0 Å². The third-order valence-corrected chi connectivity index (χ3v) is 1.03. The standard InChI is InChI=1S/C7H11NO/c1-3-5-6(4-2)7(8)9/h3-4H,1,5H2,2H3,(H2,8,9)/b6-4-. The van der Waals surface area contributed by atoms with Gasteiger partial charge in [-0.05, 0) is 13.3 Å². The summed E-state index contributed by atoms with van der Waals surface area (Å²) in [6, 6.07) is 0. The molecule has 0 aliphatic carbocycles. The number of hydrogen-bond donors (Lipinski definition) is 1. The van der Waals surface area contributed by atoms with E-state index in [0.29, 0.717) is 12.0 Å². The van der Waals surface area contributed by atoms with Crippen molar-refractivity contribution in [1.29, 1.82) is 0 Å². The van der Waals surface area contributed by atoms with Crippen LogP contribution >= 0.6 is 0 Å². The van der Waals surface area contributed by atoms with E-state index in [1.54, 1.807) is 19.1 Å². The Morgan fingerprint density at radius 3 is 2.44 bits per heavy atom. The van der Waals surface area contributed by atoms with Crippen molar-refractivity contribution in [3.8, 4) is 0 Å². The van der Waals surface area contributed by atoms with Crippen molar-refractivity contribution in [2.75, 3.05) is 0 Å². The van der Waals surface area contributed by atoms with Gasteiger partial charge in [0.25, 0.3) is 0 Å². The summed E-state index contributed by atoms with van der Waals surface area (Å²) in [5, 5.41) is 0. The van der Waals surface area contributed by atoms with Gasteiger partial charge in [-0.15, -0.1) is 6.58 Å². The van der Waals surface area contributed by atoms with Crippen LogP contribution in [-0.4, -0.2) is 5.91 Å². The minimum absolute atomic E-state index is 0.364. The highest BCUT2D eigenvalue weighted by Crippen LogP contribution is 1.98. The molecule has 0 fully saturated rings. The van der Waals surface area contributed by atoms with Gasteiger partial charge in [0.2, 0.25) is 5.91 Å². The van der Waals surface area contributed by atoms with Crippen LogP contribution in [0.3, 0.4) is 0 Å². The van der Waals surface area contributed by atoms with E-state index in [-0.39, 0.29) is 5.91 Å². The molecule has 1 amide bonds. The van der Waals surface area contributed by atoms with E-state index in [1.807, 2.05) is 0 Å². The molecule has 50 valence electrons. The number of carbonyl (C=O) groups excluding carboxylic acids is 1. The molecule has 0 radical (unpaired) electrons. The molecular formula is C7H11NO. The third kappa shape index (κ3) is 2.69. The summed E-state index contributed by atoms with van der Waals surface area (Å²) in [7, 11) is 0. The average molecular weight is 125 g/mol. The Labute approximate surface area is 55.1 Å². The second-order valence-corrected chi connectivity index (χ2v) is 1.67. The number of allylic oxidation sites excluding steroid dienone is 2. The largest absolute Gasteiger partial charge is 0.366 e. The van der Waals surface area contributed by atoms with Crippen LogP contribution in [0.2, 0.25) is 0 Å². The lowest BCUT2D eigenvalue weighted by molar-refractivity contribution is -0.114. The Balaban J connectivity index is 4.00. The Bertz CT molecular complexity index is 147. The number of rotatable bonds is 3. The average Bonchev–Trinajstić information content (AvgIpc) is 1.82. The third-order valence-electron chi connectivity index (χ3n) is 1.03. The lowest BCUT2D eigenvalue weighted by Crippen LogP contribution is -2.12. The van der Waals surface area contributed by atoms with Crippen LogP contribution in [0.5, 0.6) is 0 Å². The molecule has 0 aromatic carbocycles. The minimum atomic E-state index is -0.364. The maximum atomic E-state index is 10.4. The van der Waals surface area contributed by atoms with Crippen molar-refractivity contribution in [2.24, 2.45) is 5.73 Å². The number of nitrogens with two attached hydrogens (primary N) is 1. The normalized spacial score (nSPS) is 11.0. The topological polar surface area (TPSA) is 43.1 Å². The molecule has 0 aromatic heterocycles. The number of amides is 1. The van der Waals surface area contributed by atoms with Crippen molar-refractivity contribution in [3.05, 3.63) is 24.3 Å². The van der Waals surface area contributed by atoms with Gasteiger partial charge in [0, 0.05) is 5.57 Å².